The molecule has 0 N–H and O–H groups in total. The molecule has 2 aromatic carbocycles. The first kappa shape index (κ1) is 13.8. The van der Waals surface area contributed by atoms with Gasteiger partial charge in [0.2, 0.25) is 0 Å². The Labute approximate surface area is 120 Å². The summed E-state index contributed by atoms with van der Waals surface area (Å²) in [4.78, 5) is 0. The van der Waals surface area contributed by atoms with Crippen LogP contribution in [0.3, 0.4) is 0 Å². The normalized spacial score (nSPS) is 9.50. The summed E-state index contributed by atoms with van der Waals surface area (Å²) in [5.74, 6) is 8.71. The predicted molar refractivity (Wildman–Crippen MR) is 83.4 cm³/mol. The first-order valence-electron chi connectivity index (χ1n) is 6.53. The van der Waals surface area contributed by atoms with Crippen molar-refractivity contribution in [2.45, 2.75) is 20.0 Å². The molecule has 0 saturated heterocycles. The fraction of sp³-hybridized carbons (Fsp3) is 0.158. The summed E-state index contributed by atoms with van der Waals surface area (Å²) in [6.45, 7) is 4.04. The van der Waals surface area contributed by atoms with Gasteiger partial charge in [-0.15, -0.1) is 6.42 Å². The number of hydrogen-bond acceptors (Lipinski definition) is 1. The van der Waals surface area contributed by atoms with Gasteiger partial charge in [-0.05, 0) is 61.1 Å². The van der Waals surface area contributed by atoms with Crippen molar-refractivity contribution < 1.29 is 4.74 Å². The van der Waals surface area contributed by atoms with Gasteiger partial charge in [-0.3, -0.25) is 0 Å². The smallest absolute Gasteiger partial charge is 0.120 e. The van der Waals surface area contributed by atoms with E-state index >= 15 is 0 Å². The summed E-state index contributed by atoms with van der Waals surface area (Å²) in [7, 11) is 0. The maximum Gasteiger partial charge on any atom is 0.120 e. The zero-order chi connectivity index (χ0) is 14.4. The molecule has 0 aliphatic carbocycles. The molecule has 98 valence electrons. The highest BCUT2D eigenvalue weighted by Gasteiger charge is 2.01. The van der Waals surface area contributed by atoms with Crippen molar-refractivity contribution in [3.05, 3.63) is 54.1 Å². The first-order valence-corrected chi connectivity index (χ1v) is 6.53. The van der Waals surface area contributed by atoms with Crippen LogP contribution in [0.1, 0.15) is 19.4 Å². The zero-order valence-electron chi connectivity index (χ0n) is 11.7. The van der Waals surface area contributed by atoms with E-state index in [1.54, 1.807) is 0 Å². The molecule has 0 radical (unpaired) electrons. The topological polar surface area (TPSA) is 9.23 Å². The number of ether oxygens (including phenoxy) is 1. The van der Waals surface area contributed by atoms with Crippen molar-refractivity contribution in [1.29, 1.82) is 0 Å². The maximum absolute atomic E-state index is 5.71. The van der Waals surface area contributed by atoms with Crippen molar-refractivity contribution in [3.63, 3.8) is 0 Å². The van der Waals surface area contributed by atoms with E-state index in [0.717, 1.165) is 22.4 Å². The van der Waals surface area contributed by atoms with Gasteiger partial charge in [0.25, 0.3) is 0 Å². The van der Waals surface area contributed by atoms with Gasteiger partial charge in [0.15, 0.2) is 0 Å². The number of terminal acetylenes is 1. The van der Waals surface area contributed by atoms with E-state index in [9.17, 15) is 0 Å². The van der Waals surface area contributed by atoms with Gasteiger partial charge >= 0.3 is 0 Å². The fourth-order valence-electron chi connectivity index (χ4n) is 1.88. The molecule has 0 aliphatic rings. The van der Waals surface area contributed by atoms with Gasteiger partial charge < -0.3 is 4.74 Å². The zero-order valence-corrected chi connectivity index (χ0v) is 11.7. The minimum atomic E-state index is 0.173. The summed E-state index contributed by atoms with van der Waals surface area (Å²) in [5.41, 5.74) is 3.17. The Bertz CT molecular complexity index is 676. The predicted octanol–water partition coefficient (Wildman–Crippen LogP) is 4.13. The highest BCUT2D eigenvalue weighted by Crippen LogP contribution is 2.24. The van der Waals surface area contributed by atoms with Crippen LogP contribution in [0.5, 0.6) is 5.75 Å². The number of rotatable bonds is 3. The lowest BCUT2D eigenvalue weighted by Gasteiger charge is -2.11. The van der Waals surface area contributed by atoms with Crippen LogP contribution in [-0.2, 0) is 0 Å². The van der Waals surface area contributed by atoms with Gasteiger partial charge in [0, 0.05) is 5.56 Å². The molecule has 0 saturated carbocycles. The van der Waals surface area contributed by atoms with Crippen molar-refractivity contribution in [2.75, 3.05) is 0 Å². The summed E-state index contributed by atoms with van der Waals surface area (Å²) in [6, 6.07) is 16.1. The minimum Gasteiger partial charge on any atom is -0.491 e. The molecule has 0 heterocycles. The highest BCUT2D eigenvalue weighted by atomic mass is 16.5. The van der Waals surface area contributed by atoms with Crippen molar-refractivity contribution in [1.82, 2.24) is 0 Å². The monoisotopic (exact) mass is 260 g/mol. The van der Waals surface area contributed by atoms with Crippen LogP contribution in [-0.4, -0.2) is 6.10 Å². The summed E-state index contributed by atoms with van der Waals surface area (Å²) >= 11 is 0. The Hall–Kier alpha value is -2.64. The molecule has 0 fully saturated rings. The molecule has 0 bridgehead atoms. The average molecular weight is 260 g/mol. The third kappa shape index (κ3) is 3.67. The van der Waals surface area contributed by atoms with Crippen LogP contribution < -0.4 is 4.74 Å². The van der Waals surface area contributed by atoms with Crippen molar-refractivity contribution in [3.8, 4) is 41.1 Å². The number of hydrogen-bond donors (Lipinski definition) is 0. The van der Waals surface area contributed by atoms with E-state index in [4.69, 9.17) is 11.2 Å². The molecule has 0 unspecified atom stereocenters. The lowest BCUT2D eigenvalue weighted by atomic mass is 10.0. The Morgan fingerprint density at radius 3 is 2.40 bits per heavy atom. The van der Waals surface area contributed by atoms with E-state index in [2.05, 4.69) is 23.8 Å². The first-order chi connectivity index (χ1) is 9.69. The van der Waals surface area contributed by atoms with Crippen LogP contribution in [0.2, 0.25) is 0 Å². The lowest BCUT2D eigenvalue weighted by Crippen LogP contribution is -2.05. The molecule has 1 heteroatoms. The van der Waals surface area contributed by atoms with E-state index < -0.39 is 0 Å². The second kappa shape index (κ2) is 6.50. The van der Waals surface area contributed by atoms with Crippen molar-refractivity contribution in [2.24, 2.45) is 0 Å². The Kier molecular flexibility index (Phi) is 4.48. The van der Waals surface area contributed by atoms with Crippen LogP contribution in [0, 0.1) is 24.2 Å². The third-order valence-corrected chi connectivity index (χ3v) is 2.70. The third-order valence-electron chi connectivity index (χ3n) is 2.70. The van der Waals surface area contributed by atoms with E-state index in [0.29, 0.717) is 0 Å². The standard InChI is InChI=1S/C19H16O/c1-4-5-7-16-10-12-17(13-11-16)18-8-6-9-19(14-18)20-15(2)3/h1,6,8-15H,2-3H3. The molecule has 2 rings (SSSR count). The molecule has 1 nitrogen and oxygen atoms in total. The van der Waals surface area contributed by atoms with Crippen LogP contribution in [0.4, 0.5) is 0 Å². The fourth-order valence-corrected chi connectivity index (χ4v) is 1.88. The van der Waals surface area contributed by atoms with Gasteiger partial charge in [-0.2, -0.15) is 0 Å². The second-order valence-electron chi connectivity index (χ2n) is 4.67. The summed E-state index contributed by atoms with van der Waals surface area (Å²) in [6.07, 6.45) is 5.29. The van der Waals surface area contributed by atoms with Gasteiger partial charge in [0.1, 0.15) is 5.75 Å². The van der Waals surface area contributed by atoms with Gasteiger partial charge in [0.05, 0.1) is 6.10 Å². The van der Waals surface area contributed by atoms with Crippen LogP contribution in [0.15, 0.2) is 48.5 Å². The highest BCUT2D eigenvalue weighted by molar-refractivity contribution is 5.66. The molecule has 0 aliphatic heterocycles. The molecule has 2 aromatic rings. The van der Waals surface area contributed by atoms with Gasteiger partial charge in [-0.1, -0.05) is 30.2 Å². The Morgan fingerprint density at radius 2 is 1.75 bits per heavy atom. The second-order valence-corrected chi connectivity index (χ2v) is 4.67. The van der Waals surface area contributed by atoms with Crippen LogP contribution >= 0.6 is 0 Å². The minimum absolute atomic E-state index is 0.173. The van der Waals surface area contributed by atoms with Gasteiger partial charge in [-0.25, -0.2) is 0 Å². The molecule has 0 spiro atoms. The molecule has 0 amide bonds. The quantitative estimate of drug-likeness (QED) is 0.754. The Morgan fingerprint density at radius 1 is 1.00 bits per heavy atom. The summed E-state index contributed by atoms with van der Waals surface area (Å²) in [5, 5.41) is 0. The molecular formula is C19H16O. The van der Waals surface area contributed by atoms with Crippen molar-refractivity contribution >= 4 is 0 Å². The Balaban J connectivity index is 2.25. The molecule has 0 atom stereocenters. The van der Waals surface area contributed by atoms with E-state index in [1.807, 2.05) is 56.3 Å². The number of benzene rings is 2. The molecular weight excluding hydrogens is 244 g/mol. The average Bonchev–Trinajstić information content (AvgIpc) is 2.45. The lowest BCUT2D eigenvalue weighted by molar-refractivity contribution is 0.242. The SMILES string of the molecule is C#CC#Cc1ccc(-c2cccc(OC(C)C)c2)cc1. The largest absolute Gasteiger partial charge is 0.491 e. The summed E-state index contributed by atoms with van der Waals surface area (Å²) < 4.78 is 5.71. The maximum atomic E-state index is 5.71. The molecule has 0 aromatic heterocycles. The van der Waals surface area contributed by atoms with E-state index in [1.165, 1.54) is 0 Å². The van der Waals surface area contributed by atoms with Crippen LogP contribution in [0.25, 0.3) is 11.1 Å². The van der Waals surface area contributed by atoms with E-state index in [-0.39, 0.29) is 6.10 Å². The molecule has 20 heavy (non-hydrogen) atoms.